The van der Waals surface area contributed by atoms with Crippen LogP contribution in [-0.4, -0.2) is 29.4 Å². The highest BCUT2D eigenvalue weighted by molar-refractivity contribution is 5.82. The smallest absolute Gasteiger partial charge is 0.240 e. The van der Waals surface area contributed by atoms with Gasteiger partial charge in [0.15, 0.2) is 0 Å². The van der Waals surface area contributed by atoms with Crippen molar-refractivity contribution in [2.45, 2.75) is 58.0 Å². The topological polar surface area (TPSA) is 46.3 Å². The Morgan fingerprint density at radius 2 is 1.86 bits per heavy atom. The Hall–Kier alpha value is -1.35. The highest BCUT2D eigenvalue weighted by Gasteiger charge is 2.30. The fraction of sp³-hybridized carbons (Fsp3) is 0.611. The summed E-state index contributed by atoms with van der Waals surface area (Å²) in [6.45, 7) is 5.15. The third-order valence-electron chi connectivity index (χ3n) is 4.23. The van der Waals surface area contributed by atoms with Crippen LogP contribution in [0.4, 0.5) is 0 Å². The summed E-state index contributed by atoms with van der Waals surface area (Å²) in [5, 5.41) is 0. The van der Waals surface area contributed by atoms with Crippen molar-refractivity contribution < 1.29 is 4.79 Å². The normalized spacial score (nSPS) is 17.1. The summed E-state index contributed by atoms with van der Waals surface area (Å²) < 4.78 is 0. The van der Waals surface area contributed by atoms with Gasteiger partial charge in [-0.25, -0.2) is 0 Å². The van der Waals surface area contributed by atoms with Gasteiger partial charge in [-0.2, -0.15) is 0 Å². The van der Waals surface area contributed by atoms with Crippen molar-refractivity contribution in [1.82, 2.24) is 4.90 Å². The first kappa shape index (κ1) is 16.0. The summed E-state index contributed by atoms with van der Waals surface area (Å²) in [7, 11) is 0. The van der Waals surface area contributed by atoms with Gasteiger partial charge in [-0.3, -0.25) is 4.79 Å². The fourth-order valence-corrected chi connectivity index (χ4v) is 3.20. The zero-order chi connectivity index (χ0) is 15.2. The SMILES string of the molecule is CC(C)CN(C(=O)[C@@H](N)Cc1ccccc1)C1CCCC1. The molecule has 0 radical (unpaired) electrons. The second-order valence-electron chi connectivity index (χ2n) is 6.62. The summed E-state index contributed by atoms with van der Waals surface area (Å²) in [6.07, 6.45) is 5.37. The Labute approximate surface area is 128 Å². The van der Waals surface area contributed by atoms with Crippen molar-refractivity contribution in [2.75, 3.05) is 6.54 Å². The lowest BCUT2D eigenvalue weighted by molar-refractivity contribution is -0.135. The minimum Gasteiger partial charge on any atom is -0.338 e. The van der Waals surface area contributed by atoms with Gasteiger partial charge in [-0.15, -0.1) is 0 Å². The van der Waals surface area contributed by atoms with Gasteiger partial charge in [0.2, 0.25) is 5.91 Å². The van der Waals surface area contributed by atoms with E-state index in [9.17, 15) is 4.79 Å². The molecule has 3 heteroatoms. The van der Waals surface area contributed by atoms with E-state index in [1.807, 2.05) is 30.3 Å². The van der Waals surface area contributed by atoms with Crippen LogP contribution in [0.5, 0.6) is 0 Å². The number of rotatable bonds is 6. The minimum atomic E-state index is -0.424. The molecule has 2 N–H and O–H groups in total. The minimum absolute atomic E-state index is 0.124. The van der Waals surface area contributed by atoms with Gasteiger partial charge >= 0.3 is 0 Å². The molecule has 0 saturated heterocycles. The van der Waals surface area contributed by atoms with Crippen LogP contribution in [0, 0.1) is 5.92 Å². The van der Waals surface area contributed by atoms with E-state index in [2.05, 4.69) is 18.7 Å². The summed E-state index contributed by atoms with van der Waals surface area (Å²) >= 11 is 0. The van der Waals surface area contributed by atoms with E-state index in [0.717, 1.165) is 24.9 Å². The molecule has 1 aromatic rings. The molecular formula is C18H28N2O. The molecule has 1 aromatic carbocycles. The van der Waals surface area contributed by atoms with Crippen LogP contribution in [-0.2, 0) is 11.2 Å². The monoisotopic (exact) mass is 288 g/mol. The predicted molar refractivity (Wildman–Crippen MR) is 86.9 cm³/mol. The van der Waals surface area contributed by atoms with Crippen molar-refractivity contribution in [3.63, 3.8) is 0 Å². The lowest BCUT2D eigenvalue weighted by Gasteiger charge is -2.32. The molecule has 1 aliphatic rings. The summed E-state index contributed by atoms with van der Waals surface area (Å²) in [6, 6.07) is 10.0. The van der Waals surface area contributed by atoms with Gasteiger partial charge in [0.25, 0.3) is 0 Å². The number of carbonyl (C=O) groups excluding carboxylic acids is 1. The third kappa shape index (κ3) is 4.57. The third-order valence-corrected chi connectivity index (χ3v) is 4.23. The van der Waals surface area contributed by atoms with Gasteiger partial charge < -0.3 is 10.6 Å². The maximum Gasteiger partial charge on any atom is 0.240 e. The Balaban J connectivity index is 2.02. The molecule has 0 spiro atoms. The highest BCUT2D eigenvalue weighted by atomic mass is 16.2. The number of amides is 1. The van der Waals surface area contributed by atoms with E-state index < -0.39 is 6.04 Å². The Bertz CT molecular complexity index is 438. The molecule has 0 unspecified atom stereocenters. The molecule has 1 aliphatic carbocycles. The summed E-state index contributed by atoms with van der Waals surface area (Å²) in [4.78, 5) is 14.8. The van der Waals surface area contributed by atoms with Crippen LogP contribution < -0.4 is 5.73 Å². The van der Waals surface area contributed by atoms with E-state index in [1.54, 1.807) is 0 Å². The zero-order valence-corrected chi connectivity index (χ0v) is 13.3. The molecular weight excluding hydrogens is 260 g/mol. The van der Waals surface area contributed by atoms with Crippen molar-refractivity contribution in [3.8, 4) is 0 Å². The number of hydrogen-bond donors (Lipinski definition) is 1. The number of nitrogens with zero attached hydrogens (tertiary/aromatic N) is 1. The van der Waals surface area contributed by atoms with Crippen LogP contribution in [0.1, 0.15) is 45.1 Å². The highest BCUT2D eigenvalue weighted by Crippen LogP contribution is 2.25. The van der Waals surface area contributed by atoms with Gasteiger partial charge in [-0.05, 0) is 30.7 Å². The van der Waals surface area contributed by atoms with E-state index in [0.29, 0.717) is 18.4 Å². The zero-order valence-electron chi connectivity index (χ0n) is 13.3. The van der Waals surface area contributed by atoms with Crippen molar-refractivity contribution >= 4 is 5.91 Å². The molecule has 0 aromatic heterocycles. The number of benzene rings is 1. The molecule has 0 bridgehead atoms. The Morgan fingerprint density at radius 3 is 2.43 bits per heavy atom. The molecule has 1 atom stereocenters. The van der Waals surface area contributed by atoms with Gasteiger partial charge in [0.05, 0.1) is 6.04 Å². The average Bonchev–Trinajstić information content (AvgIpc) is 2.99. The van der Waals surface area contributed by atoms with Crippen molar-refractivity contribution in [2.24, 2.45) is 11.7 Å². The van der Waals surface area contributed by atoms with Gasteiger partial charge in [0.1, 0.15) is 0 Å². The first-order chi connectivity index (χ1) is 10.1. The quantitative estimate of drug-likeness (QED) is 0.874. The average molecular weight is 288 g/mol. The maximum atomic E-state index is 12.8. The molecule has 3 nitrogen and oxygen atoms in total. The first-order valence-corrected chi connectivity index (χ1v) is 8.18. The molecule has 21 heavy (non-hydrogen) atoms. The molecule has 0 heterocycles. The van der Waals surface area contributed by atoms with Gasteiger partial charge in [0, 0.05) is 12.6 Å². The van der Waals surface area contributed by atoms with Crippen LogP contribution in [0.15, 0.2) is 30.3 Å². The molecule has 1 saturated carbocycles. The molecule has 116 valence electrons. The molecule has 1 amide bonds. The number of carbonyl (C=O) groups is 1. The Kier molecular flexibility index (Phi) is 5.80. The Morgan fingerprint density at radius 1 is 1.24 bits per heavy atom. The second-order valence-corrected chi connectivity index (χ2v) is 6.62. The summed E-state index contributed by atoms with van der Waals surface area (Å²) in [5.74, 6) is 0.609. The second kappa shape index (κ2) is 7.60. The molecule has 2 rings (SSSR count). The van der Waals surface area contributed by atoms with Crippen LogP contribution in [0.2, 0.25) is 0 Å². The number of hydrogen-bond acceptors (Lipinski definition) is 2. The van der Waals surface area contributed by atoms with E-state index in [4.69, 9.17) is 5.73 Å². The lowest BCUT2D eigenvalue weighted by atomic mass is 10.0. The maximum absolute atomic E-state index is 12.8. The van der Waals surface area contributed by atoms with Crippen molar-refractivity contribution in [3.05, 3.63) is 35.9 Å². The van der Waals surface area contributed by atoms with E-state index >= 15 is 0 Å². The van der Waals surface area contributed by atoms with Crippen LogP contribution in [0.3, 0.4) is 0 Å². The van der Waals surface area contributed by atoms with Gasteiger partial charge in [-0.1, -0.05) is 57.0 Å². The standard InChI is InChI=1S/C18H28N2O/c1-14(2)13-20(16-10-6-7-11-16)18(21)17(19)12-15-8-4-3-5-9-15/h3-5,8-9,14,16-17H,6-7,10-13,19H2,1-2H3/t17-/m0/s1. The number of nitrogens with two attached hydrogens (primary N) is 1. The fourth-order valence-electron chi connectivity index (χ4n) is 3.20. The van der Waals surface area contributed by atoms with Crippen molar-refractivity contribution in [1.29, 1.82) is 0 Å². The lowest BCUT2D eigenvalue weighted by Crippen LogP contribution is -2.50. The summed E-state index contributed by atoms with van der Waals surface area (Å²) in [5.41, 5.74) is 7.34. The van der Waals surface area contributed by atoms with E-state index in [1.165, 1.54) is 12.8 Å². The predicted octanol–water partition coefficient (Wildman–Crippen LogP) is 2.98. The van der Waals surface area contributed by atoms with Crippen LogP contribution >= 0.6 is 0 Å². The van der Waals surface area contributed by atoms with E-state index in [-0.39, 0.29) is 5.91 Å². The largest absolute Gasteiger partial charge is 0.338 e. The molecule has 0 aliphatic heterocycles. The van der Waals surface area contributed by atoms with Crippen LogP contribution in [0.25, 0.3) is 0 Å². The first-order valence-electron chi connectivity index (χ1n) is 8.18. The molecule has 1 fully saturated rings.